The molecule has 1 aromatic heterocycles. The molecule has 9 heteroatoms. The summed E-state index contributed by atoms with van der Waals surface area (Å²) in [5.74, 6) is -0.719. The maximum absolute atomic E-state index is 12.5. The molecule has 2 rings (SSSR count). The zero-order chi connectivity index (χ0) is 14.9. The van der Waals surface area contributed by atoms with E-state index >= 15 is 0 Å². The van der Waals surface area contributed by atoms with Gasteiger partial charge in [-0.2, -0.15) is 9.40 Å². The molecule has 0 radical (unpaired) electrons. The quantitative estimate of drug-likeness (QED) is 0.734. The fourth-order valence-electron chi connectivity index (χ4n) is 2.17. The Balaban J connectivity index is 2.38. The van der Waals surface area contributed by atoms with E-state index in [0.717, 1.165) is 0 Å². The molecule has 2 heterocycles. The van der Waals surface area contributed by atoms with E-state index in [9.17, 15) is 13.2 Å². The molecule has 1 fully saturated rings. The predicted molar refractivity (Wildman–Crippen MR) is 70.6 cm³/mol. The minimum atomic E-state index is -3.82. The van der Waals surface area contributed by atoms with Crippen LogP contribution < -0.4 is 5.73 Å². The summed E-state index contributed by atoms with van der Waals surface area (Å²) in [6, 6.07) is 0.0162. The van der Waals surface area contributed by atoms with Gasteiger partial charge in [-0.05, 0) is 19.8 Å². The summed E-state index contributed by atoms with van der Waals surface area (Å²) in [4.78, 5) is 11.7. The maximum atomic E-state index is 12.5. The van der Waals surface area contributed by atoms with E-state index in [1.807, 2.05) is 0 Å². The number of nitrogens with two attached hydrogens (primary N) is 1. The van der Waals surface area contributed by atoms with E-state index in [0.29, 0.717) is 31.6 Å². The molecule has 3 N–H and O–H groups in total. The van der Waals surface area contributed by atoms with Gasteiger partial charge in [-0.25, -0.2) is 13.2 Å². The Labute approximate surface area is 117 Å². The summed E-state index contributed by atoms with van der Waals surface area (Å²) >= 11 is 0. The molecular formula is C11H18N4O4S. The van der Waals surface area contributed by atoms with Crippen molar-refractivity contribution in [1.82, 2.24) is 14.5 Å². The molecule has 0 saturated carbocycles. The number of carbonyl (C=O) groups is 1. The first kappa shape index (κ1) is 14.9. The van der Waals surface area contributed by atoms with Gasteiger partial charge in [0.05, 0.1) is 7.11 Å². The van der Waals surface area contributed by atoms with Crippen molar-refractivity contribution in [2.45, 2.75) is 30.8 Å². The lowest BCUT2D eigenvalue weighted by atomic mass is 10.1. The number of aromatic amines is 1. The third-order valence-electron chi connectivity index (χ3n) is 3.39. The molecule has 112 valence electrons. The van der Waals surface area contributed by atoms with Crippen molar-refractivity contribution < 1.29 is 17.9 Å². The first-order chi connectivity index (χ1) is 9.37. The summed E-state index contributed by atoms with van der Waals surface area (Å²) in [5.41, 5.74) is 6.09. The van der Waals surface area contributed by atoms with Crippen LogP contribution in [0.1, 0.15) is 28.9 Å². The van der Waals surface area contributed by atoms with Gasteiger partial charge in [0.25, 0.3) is 10.0 Å². The summed E-state index contributed by atoms with van der Waals surface area (Å²) in [6.07, 6.45) is 1.19. The number of carbonyl (C=O) groups excluding carboxylic acids is 1. The number of hydrogen-bond acceptors (Lipinski definition) is 6. The highest BCUT2D eigenvalue weighted by atomic mass is 32.2. The summed E-state index contributed by atoms with van der Waals surface area (Å²) in [6.45, 7) is 2.23. The molecule has 0 aromatic carbocycles. The second-order valence-corrected chi connectivity index (χ2v) is 6.62. The van der Waals surface area contributed by atoms with E-state index in [1.165, 1.54) is 11.4 Å². The highest BCUT2D eigenvalue weighted by Gasteiger charge is 2.35. The van der Waals surface area contributed by atoms with Gasteiger partial charge in [-0.15, -0.1) is 0 Å². The second kappa shape index (κ2) is 5.51. The highest BCUT2D eigenvalue weighted by molar-refractivity contribution is 7.89. The minimum absolute atomic E-state index is 0.0162. The van der Waals surface area contributed by atoms with Gasteiger partial charge in [-0.3, -0.25) is 5.10 Å². The summed E-state index contributed by atoms with van der Waals surface area (Å²) in [5, 5.41) is 6.01. The van der Waals surface area contributed by atoms with Gasteiger partial charge in [0, 0.05) is 24.8 Å². The SMILES string of the molecule is COC(=O)c1c(S(=O)(=O)N2CCC(N)CC2)n[nH]c1C. The van der Waals surface area contributed by atoms with Crippen molar-refractivity contribution in [3.8, 4) is 0 Å². The Morgan fingerprint density at radius 1 is 1.45 bits per heavy atom. The van der Waals surface area contributed by atoms with Crippen LogP contribution in [0.4, 0.5) is 0 Å². The van der Waals surface area contributed by atoms with Crippen molar-refractivity contribution in [1.29, 1.82) is 0 Å². The number of methoxy groups -OCH3 is 1. The first-order valence-electron chi connectivity index (χ1n) is 6.27. The number of piperidine rings is 1. The number of aryl methyl sites for hydroxylation is 1. The minimum Gasteiger partial charge on any atom is -0.465 e. The topological polar surface area (TPSA) is 118 Å². The van der Waals surface area contributed by atoms with E-state index in [1.54, 1.807) is 6.92 Å². The fraction of sp³-hybridized carbons (Fsp3) is 0.636. The lowest BCUT2D eigenvalue weighted by molar-refractivity contribution is 0.0595. The first-order valence-corrected chi connectivity index (χ1v) is 7.71. The summed E-state index contributed by atoms with van der Waals surface area (Å²) in [7, 11) is -2.62. The molecule has 0 unspecified atom stereocenters. The molecule has 1 aliphatic rings. The molecule has 0 bridgehead atoms. The number of hydrogen-bond donors (Lipinski definition) is 2. The number of rotatable bonds is 3. The number of H-pyrrole nitrogens is 1. The molecular weight excluding hydrogens is 284 g/mol. The monoisotopic (exact) mass is 302 g/mol. The van der Waals surface area contributed by atoms with Crippen LogP contribution in [0.3, 0.4) is 0 Å². The number of esters is 1. The second-order valence-electron chi connectivity index (χ2n) is 4.76. The molecule has 0 spiro atoms. The van der Waals surface area contributed by atoms with Crippen LogP contribution in [0.25, 0.3) is 0 Å². The Kier molecular flexibility index (Phi) is 4.11. The Morgan fingerprint density at radius 3 is 2.60 bits per heavy atom. The van der Waals surface area contributed by atoms with Crippen molar-refractivity contribution in [3.63, 3.8) is 0 Å². The Morgan fingerprint density at radius 2 is 2.05 bits per heavy atom. The highest BCUT2D eigenvalue weighted by Crippen LogP contribution is 2.23. The van der Waals surface area contributed by atoms with Gasteiger partial charge in [0.1, 0.15) is 5.56 Å². The van der Waals surface area contributed by atoms with Crippen LogP contribution in [0.2, 0.25) is 0 Å². The van der Waals surface area contributed by atoms with Crippen molar-refractivity contribution >= 4 is 16.0 Å². The lowest BCUT2D eigenvalue weighted by Crippen LogP contribution is -2.43. The molecule has 20 heavy (non-hydrogen) atoms. The lowest BCUT2D eigenvalue weighted by Gasteiger charge is -2.28. The molecule has 1 saturated heterocycles. The van der Waals surface area contributed by atoms with Gasteiger partial charge < -0.3 is 10.5 Å². The zero-order valence-electron chi connectivity index (χ0n) is 11.4. The Hall–Kier alpha value is -1.45. The standard InChI is InChI=1S/C11H18N4O4S/c1-7-9(11(16)19-2)10(14-13-7)20(17,18)15-5-3-8(12)4-6-15/h8H,3-6,12H2,1-2H3,(H,13,14). The van der Waals surface area contributed by atoms with E-state index in [-0.39, 0.29) is 16.6 Å². The van der Waals surface area contributed by atoms with Gasteiger partial charge in [0.2, 0.25) is 5.03 Å². The van der Waals surface area contributed by atoms with Crippen molar-refractivity contribution in [2.75, 3.05) is 20.2 Å². The van der Waals surface area contributed by atoms with Gasteiger partial charge in [0.15, 0.2) is 0 Å². The van der Waals surface area contributed by atoms with Crippen LogP contribution in [-0.2, 0) is 14.8 Å². The van der Waals surface area contributed by atoms with Crippen LogP contribution in [0, 0.1) is 6.92 Å². The normalized spacial score (nSPS) is 18.1. The van der Waals surface area contributed by atoms with E-state index < -0.39 is 16.0 Å². The number of nitrogens with zero attached hydrogens (tertiary/aromatic N) is 2. The average molecular weight is 302 g/mol. The van der Waals surface area contributed by atoms with E-state index in [2.05, 4.69) is 14.9 Å². The van der Waals surface area contributed by atoms with Crippen LogP contribution in [0.5, 0.6) is 0 Å². The molecule has 0 atom stereocenters. The number of ether oxygens (including phenoxy) is 1. The zero-order valence-corrected chi connectivity index (χ0v) is 12.2. The molecule has 8 nitrogen and oxygen atoms in total. The third-order valence-corrected chi connectivity index (χ3v) is 5.22. The number of aromatic nitrogens is 2. The molecule has 1 aliphatic heterocycles. The average Bonchev–Trinajstić information content (AvgIpc) is 2.81. The van der Waals surface area contributed by atoms with Crippen LogP contribution >= 0.6 is 0 Å². The molecule has 0 amide bonds. The van der Waals surface area contributed by atoms with Gasteiger partial charge in [-0.1, -0.05) is 0 Å². The molecule has 1 aromatic rings. The maximum Gasteiger partial charge on any atom is 0.342 e. The van der Waals surface area contributed by atoms with Crippen LogP contribution in [-0.4, -0.2) is 55.1 Å². The van der Waals surface area contributed by atoms with Crippen LogP contribution in [0.15, 0.2) is 5.03 Å². The largest absolute Gasteiger partial charge is 0.465 e. The number of sulfonamides is 1. The third kappa shape index (κ3) is 2.56. The summed E-state index contributed by atoms with van der Waals surface area (Å²) < 4.78 is 31.0. The molecule has 0 aliphatic carbocycles. The van der Waals surface area contributed by atoms with Gasteiger partial charge >= 0.3 is 5.97 Å². The fourth-order valence-corrected chi connectivity index (χ4v) is 3.77. The number of nitrogens with one attached hydrogen (secondary N) is 1. The van der Waals surface area contributed by atoms with E-state index in [4.69, 9.17) is 5.73 Å². The smallest absolute Gasteiger partial charge is 0.342 e. The Bertz CT molecular complexity index is 602. The van der Waals surface area contributed by atoms with Crippen molar-refractivity contribution in [3.05, 3.63) is 11.3 Å². The van der Waals surface area contributed by atoms with Crippen molar-refractivity contribution in [2.24, 2.45) is 5.73 Å². The predicted octanol–water partition coefficient (Wildman–Crippen LogP) is -0.383.